The van der Waals surface area contributed by atoms with Crippen LogP contribution in [0.2, 0.25) is 0 Å². The van der Waals surface area contributed by atoms with Gasteiger partial charge < -0.3 is 18.1 Å². The van der Waals surface area contributed by atoms with Crippen molar-refractivity contribution in [2.75, 3.05) is 0 Å². The Hall–Kier alpha value is -4.84. The van der Waals surface area contributed by atoms with E-state index in [1.807, 2.05) is 0 Å². The lowest BCUT2D eigenvalue weighted by atomic mass is 9.78. The van der Waals surface area contributed by atoms with Crippen LogP contribution in [-0.2, 0) is 9.31 Å². The molecule has 0 unspecified atom stereocenters. The number of aromatic nitrogens is 2. The minimum atomic E-state index is -0.422. The summed E-state index contributed by atoms with van der Waals surface area (Å²) in [5.74, 6) is 0. The molecule has 4 nitrogen and oxygen atoms in total. The quantitative estimate of drug-likeness (QED) is 0.180. The minimum Gasteiger partial charge on any atom is -0.399 e. The molecule has 0 spiro atoms. The van der Waals surface area contributed by atoms with E-state index in [2.05, 4.69) is 152 Å². The molecule has 216 valence electrons. The first-order chi connectivity index (χ1) is 21.8. The van der Waals surface area contributed by atoms with Gasteiger partial charge in [0.25, 0.3) is 0 Å². The highest BCUT2D eigenvalue weighted by molar-refractivity contribution is 6.62. The van der Waals surface area contributed by atoms with Crippen LogP contribution in [0, 0.1) is 0 Å². The summed E-state index contributed by atoms with van der Waals surface area (Å²) in [7, 11) is -0.422. The Bertz CT molecular complexity index is 2720. The van der Waals surface area contributed by atoms with Crippen LogP contribution in [0.4, 0.5) is 0 Å². The lowest BCUT2D eigenvalue weighted by Crippen LogP contribution is -2.41. The van der Waals surface area contributed by atoms with Gasteiger partial charge in [0.2, 0.25) is 0 Å². The third-order valence-electron chi connectivity index (χ3n) is 10.7. The van der Waals surface area contributed by atoms with Gasteiger partial charge in [-0.25, -0.2) is 0 Å². The molecule has 10 rings (SSSR count). The van der Waals surface area contributed by atoms with Gasteiger partial charge in [-0.2, -0.15) is 0 Å². The summed E-state index contributed by atoms with van der Waals surface area (Å²) in [6.07, 6.45) is 0. The highest BCUT2D eigenvalue weighted by atomic mass is 16.7. The number of hydrogen-bond donors (Lipinski definition) is 0. The van der Waals surface area contributed by atoms with Crippen molar-refractivity contribution in [1.82, 2.24) is 8.80 Å². The maximum Gasteiger partial charge on any atom is 0.494 e. The van der Waals surface area contributed by atoms with E-state index in [9.17, 15) is 0 Å². The molecule has 0 amide bonds. The number of nitrogens with zero attached hydrogens (tertiary/aromatic N) is 2. The Balaban J connectivity index is 1.47. The first-order valence-corrected chi connectivity index (χ1v) is 15.8. The smallest absolute Gasteiger partial charge is 0.399 e. The van der Waals surface area contributed by atoms with Crippen molar-refractivity contribution in [1.29, 1.82) is 0 Å². The fraction of sp³-hybridized carbons (Fsp3) is 0.150. The Morgan fingerprint density at radius 1 is 0.444 bits per heavy atom. The maximum atomic E-state index is 6.50. The molecule has 1 fully saturated rings. The van der Waals surface area contributed by atoms with E-state index in [-0.39, 0.29) is 0 Å². The van der Waals surface area contributed by atoms with Gasteiger partial charge in [0.15, 0.2) is 0 Å². The Morgan fingerprint density at radius 2 is 1.00 bits per heavy atom. The van der Waals surface area contributed by atoms with Crippen LogP contribution in [0.1, 0.15) is 27.7 Å². The molecule has 9 aromatic rings. The summed E-state index contributed by atoms with van der Waals surface area (Å²) in [5.41, 5.74) is 7.48. The molecule has 5 heteroatoms. The molecule has 1 aliphatic heterocycles. The van der Waals surface area contributed by atoms with Crippen molar-refractivity contribution in [2.45, 2.75) is 38.9 Å². The topological polar surface area (TPSA) is 27.3 Å². The molecular weight excluding hydrogens is 551 g/mol. The Kier molecular flexibility index (Phi) is 4.79. The molecule has 0 bridgehead atoms. The second kappa shape index (κ2) is 8.45. The van der Waals surface area contributed by atoms with Crippen LogP contribution in [0.15, 0.2) is 115 Å². The molecule has 6 aromatic carbocycles. The highest BCUT2D eigenvalue weighted by Crippen LogP contribution is 2.42. The van der Waals surface area contributed by atoms with Crippen molar-refractivity contribution in [3.63, 3.8) is 0 Å². The second-order valence-electron chi connectivity index (χ2n) is 13.6. The van der Waals surface area contributed by atoms with E-state index >= 15 is 0 Å². The monoisotopic (exact) mass is 582 g/mol. The third-order valence-corrected chi connectivity index (χ3v) is 10.7. The predicted molar refractivity (Wildman–Crippen MR) is 189 cm³/mol. The second-order valence-corrected chi connectivity index (χ2v) is 13.6. The Morgan fingerprint density at radius 3 is 1.80 bits per heavy atom. The van der Waals surface area contributed by atoms with Gasteiger partial charge in [-0.05, 0) is 56.7 Å². The number of hydrogen-bond acceptors (Lipinski definition) is 2. The summed E-state index contributed by atoms with van der Waals surface area (Å²) in [6, 6.07) is 42.4. The van der Waals surface area contributed by atoms with E-state index in [0.717, 1.165) is 5.46 Å². The molecule has 3 aromatic heterocycles. The van der Waals surface area contributed by atoms with Crippen molar-refractivity contribution in [3.05, 3.63) is 115 Å². The van der Waals surface area contributed by atoms with Crippen LogP contribution in [0.3, 0.4) is 0 Å². The van der Waals surface area contributed by atoms with Gasteiger partial charge >= 0.3 is 7.12 Å². The lowest BCUT2D eigenvalue weighted by Gasteiger charge is -2.32. The largest absolute Gasteiger partial charge is 0.494 e. The van der Waals surface area contributed by atoms with Crippen molar-refractivity contribution in [2.24, 2.45) is 0 Å². The summed E-state index contributed by atoms with van der Waals surface area (Å²) in [5, 5.41) is 9.87. The van der Waals surface area contributed by atoms with E-state index in [0.29, 0.717) is 0 Å². The van der Waals surface area contributed by atoms with Gasteiger partial charge in [-0.1, -0.05) is 97.1 Å². The van der Waals surface area contributed by atoms with E-state index in [1.54, 1.807) is 0 Å². The summed E-state index contributed by atoms with van der Waals surface area (Å²) in [6.45, 7) is 8.44. The van der Waals surface area contributed by atoms with Crippen molar-refractivity contribution < 1.29 is 9.31 Å². The lowest BCUT2D eigenvalue weighted by molar-refractivity contribution is 0.00578. The van der Waals surface area contributed by atoms with E-state index < -0.39 is 18.3 Å². The molecular formula is C40H31BN2O2. The van der Waals surface area contributed by atoms with E-state index in [4.69, 9.17) is 9.31 Å². The molecule has 4 heterocycles. The zero-order chi connectivity index (χ0) is 30.2. The fourth-order valence-corrected chi connectivity index (χ4v) is 7.81. The summed E-state index contributed by atoms with van der Waals surface area (Å²) < 4.78 is 18.0. The molecule has 0 saturated carbocycles. The van der Waals surface area contributed by atoms with Crippen LogP contribution in [0.25, 0.3) is 76.2 Å². The van der Waals surface area contributed by atoms with Gasteiger partial charge in [0.05, 0.1) is 44.3 Å². The van der Waals surface area contributed by atoms with Crippen LogP contribution < -0.4 is 5.46 Å². The first-order valence-electron chi connectivity index (χ1n) is 15.8. The number of rotatable bonds is 1. The summed E-state index contributed by atoms with van der Waals surface area (Å²) >= 11 is 0. The molecule has 45 heavy (non-hydrogen) atoms. The van der Waals surface area contributed by atoms with Gasteiger partial charge in [-0.3, -0.25) is 0 Å². The van der Waals surface area contributed by atoms with Crippen molar-refractivity contribution in [3.8, 4) is 0 Å². The van der Waals surface area contributed by atoms with Crippen molar-refractivity contribution >= 4 is 88.8 Å². The maximum absolute atomic E-state index is 6.50. The van der Waals surface area contributed by atoms with Gasteiger partial charge in [0.1, 0.15) is 0 Å². The third kappa shape index (κ3) is 3.19. The van der Waals surface area contributed by atoms with Gasteiger partial charge in [-0.15, -0.1) is 0 Å². The SMILES string of the molecule is CC1(C)OB(c2ccc3c(c2)c2cccc4c5ccc6ccccc6c5n5c6ccccc6c6cccc(c65)n3c24)OC1(C)C. The minimum absolute atomic E-state index is 0.401. The number of fused-ring (bicyclic) bond motifs is 12. The average molecular weight is 583 g/mol. The zero-order valence-corrected chi connectivity index (χ0v) is 25.8. The molecule has 0 radical (unpaired) electrons. The van der Waals surface area contributed by atoms with Gasteiger partial charge in [0, 0.05) is 37.7 Å². The number of benzene rings is 6. The molecule has 1 aliphatic rings. The molecule has 1 saturated heterocycles. The normalized spacial score (nSPS) is 16.6. The average Bonchev–Trinajstić information content (AvgIpc) is 3.63. The molecule has 0 atom stereocenters. The number of para-hydroxylation sites is 3. The predicted octanol–water partition coefficient (Wildman–Crippen LogP) is 9.41. The first kappa shape index (κ1) is 25.5. The Labute approximate surface area is 260 Å². The zero-order valence-electron chi connectivity index (χ0n) is 25.8. The van der Waals surface area contributed by atoms with Crippen LogP contribution in [0.5, 0.6) is 0 Å². The van der Waals surface area contributed by atoms with Crippen LogP contribution >= 0.6 is 0 Å². The van der Waals surface area contributed by atoms with Crippen LogP contribution in [-0.4, -0.2) is 27.1 Å². The molecule has 0 aliphatic carbocycles. The highest BCUT2D eigenvalue weighted by Gasteiger charge is 2.51. The van der Waals surface area contributed by atoms with E-state index in [1.165, 1.54) is 76.2 Å². The fourth-order valence-electron chi connectivity index (χ4n) is 7.81. The standard InChI is InChI=1S/C40H31BN2O2/c1-39(2)40(3,4)45-41(44-39)25-20-22-34-32(23-25)30-15-9-14-29-31-21-19-24-11-5-6-12-26(24)36(31)43-33-17-8-7-13-27(33)28-16-10-18-35(38(28)43)42(34)37(29)30/h5-23H,1-4H3. The molecule has 0 N–H and O–H groups in total. The summed E-state index contributed by atoms with van der Waals surface area (Å²) in [4.78, 5) is 0.